The maximum absolute atomic E-state index is 10.9. The van der Waals surface area contributed by atoms with E-state index in [4.69, 9.17) is 5.73 Å². The van der Waals surface area contributed by atoms with Crippen LogP contribution in [0.4, 0.5) is 4.79 Å². The van der Waals surface area contributed by atoms with Gasteiger partial charge < -0.3 is 5.73 Å². The molecule has 0 saturated heterocycles. The average Bonchev–Trinajstić information content (AvgIpc) is 2.36. The molecule has 3 N–H and O–H groups in total. The van der Waals surface area contributed by atoms with Crippen LogP contribution in [-0.4, -0.2) is 16.3 Å². The van der Waals surface area contributed by atoms with Crippen LogP contribution in [0.15, 0.2) is 42.5 Å². The Kier molecular flexibility index (Phi) is 2.97. The molecule has 4 heteroatoms. The monoisotopic (exact) mass is 230 g/mol. The Bertz CT molecular complexity index is 554. The van der Waals surface area contributed by atoms with Crippen LogP contribution in [0.3, 0.4) is 0 Å². The molecule has 88 valence electrons. The van der Waals surface area contributed by atoms with E-state index in [2.05, 4.69) is 0 Å². The fourth-order valence-electron chi connectivity index (χ4n) is 1.80. The van der Waals surface area contributed by atoms with Gasteiger partial charge in [-0.1, -0.05) is 36.4 Å². The first-order chi connectivity index (χ1) is 8.09. The summed E-state index contributed by atoms with van der Waals surface area (Å²) in [6.07, 6.45) is 0. The van der Waals surface area contributed by atoms with Crippen molar-refractivity contribution in [2.24, 2.45) is 5.73 Å². The number of hydrogen-bond acceptors (Lipinski definition) is 2. The lowest BCUT2D eigenvalue weighted by atomic mass is 10.0. The largest absolute Gasteiger partial charge is 0.350 e. The first-order valence-electron chi connectivity index (χ1n) is 5.36. The van der Waals surface area contributed by atoms with Crippen molar-refractivity contribution in [2.45, 2.75) is 13.0 Å². The molecule has 0 fully saturated rings. The van der Waals surface area contributed by atoms with Crippen molar-refractivity contribution in [3.8, 4) is 0 Å². The maximum Gasteiger partial charge on any atom is 0.339 e. The Morgan fingerprint density at radius 1 is 1.24 bits per heavy atom. The molecule has 0 aliphatic carbocycles. The smallest absolute Gasteiger partial charge is 0.339 e. The number of amides is 2. The first-order valence-corrected chi connectivity index (χ1v) is 5.36. The van der Waals surface area contributed by atoms with Gasteiger partial charge in [0.2, 0.25) is 0 Å². The second kappa shape index (κ2) is 4.43. The summed E-state index contributed by atoms with van der Waals surface area (Å²) in [5.41, 5.74) is 5.86. The zero-order chi connectivity index (χ0) is 12.4. The maximum atomic E-state index is 10.9. The predicted molar refractivity (Wildman–Crippen MR) is 65.6 cm³/mol. The van der Waals surface area contributed by atoms with Gasteiger partial charge >= 0.3 is 6.03 Å². The van der Waals surface area contributed by atoms with Gasteiger partial charge in [-0.15, -0.1) is 0 Å². The fraction of sp³-hybridized carbons (Fsp3) is 0.154. The standard InChI is InChI=1S/C13H14N2O2/c1-9(15(17)13(14)16)11-7-6-10-4-2-3-5-12(10)8-11/h2-9,17H,1H3,(H2,14,16). The average molecular weight is 230 g/mol. The molecule has 1 atom stereocenters. The van der Waals surface area contributed by atoms with Gasteiger partial charge in [0.15, 0.2) is 0 Å². The molecule has 0 aliphatic rings. The van der Waals surface area contributed by atoms with Gasteiger partial charge in [-0.25, -0.2) is 4.79 Å². The molecule has 1 unspecified atom stereocenters. The van der Waals surface area contributed by atoms with Gasteiger partial charge in [0, 0.05) is 0 Å². The highest BCUT2D eigenvalue weighted by molar-refractivity contribution is 5.83. The molecule has 4 nitrogen and oxygen atoms in total. The number of benzene rings is 2. The minimum Gasteiger partial charge on any atom is -0.350 e. The Morgan fingerprint density at radius 2 is 1.88 bits per heavy atom. The van der Waals surface area contributed by atoms with Crippen molar-refractivity contribution < 1.29 is 10.0 Å². The third-order valence-electron chi connectivity index (χ3n) is 2.85. The molecule has 2 aromatic carbocycles. The van der Waals surface area contributed by atoms with Crippen LogP contribution < -0.4 is 5.73 Å². The summed E-state index contributed by atoms with van der Waals surface area (Å²) >= 11 is 0. The molecule has 0 aromatic heterocycles. The van der Waals surface area contributed by atoms with E-state index >= 15 is 0 Å². The fourth-order valence-corrected chi connectivity index (χ4v) is 1.80. The lowest BCUT2D eigenvalue weighted by Crippen LogP contribution is -2.34. The Balaban J connectivity index is 2.39. The molecular formula is C13H14N2O2. The Labute approximate surface area is 99.2 Å². The topological polar surface area (TPSA) is 66.6 Å². The van der Waals surface area contributed by atoms with Crippen molar-refractivity contribution in [3.63, 3.8) is 0 Å². The van der Waals surface area contributed by atoms with Crippen molar-refractivity contribution in [1.82, 2.24) is 5.06 Å². The predicted octanol–water partition coefficient (Wildman–Crippen LogP) is 2.67. The van der Waals surface area contributed by atoms with Crippen LogP contribution in [0, 0.1) is 0 Å². The Hall–Kier alpha value is -2.07. The number of carbonyl (C=O) groups is 1. The number of hydrogen-bond donors (Lipinski definition) is 2. The highest BCUT2D eigenvalue weighted by Crippen LogP contribution is 2.23. The molecule has 2 amide bonds. The second-order valence-corrected chi connectivity index (χ2v) is 3.97. The summed E-state index contributed by atoms with van der Waals surface area (Å²) in [4.78, 5) is 10.9. The van der Waals surface area contributed by atoms with Gasteiger partial charge in [-0.2, -0.15) is 5.06 Å². The summed E-state index contributed by atoms with van der Waals surface area (Å²) < 4.78 is 0. The van der Waals surface area contributed by atoms with E-state index in [0.717, 1.165) is 16.3 Å². The van der Waals surface area contributed by atoms with E-state index < -0.39 is 12.1 Å². The molecule has 0 heterocycles. The number of fused-ring (bicyclic) bond motifs is 1. The normalized spacial score (nSPS) is 12.4. The molecule has 0 saturated carbocycles. The van der Waals surface area contributed by atoms with Crippen molar-refractivity contribution in [2.75, 3.05) is 0 Å². The van der Waals surface area contributed by atoms with Gasteiger partial charge in [-0.05, 0) is 29.3 Å². The van der Waals surface area contributed by atoms with Gasteiger partial charge in [0.1, 0.15) is 0 Å². The minimum atomic E-state index is -0.856. The molecule has 2 rings (SSSR count). The number of nitrogens with zero attached hydrogens (tertiary/aromatic N) is 1. The van der Waals surface area contributed by atoms with E-state index in [9.17, 15) is 10.0 Å². The van der Waals surface area contributed by atoms with Crippen LogP contribution in [0.2, 0.25) is 0 Å². The van der Waals surface area contributed by atoms with Crippen LogP contribution in [-0.2, 0) is 0 Å². The Morgan fingerprint density at radius 3 is 2.53 bits per heavy atom. The first kappa shape index (κ1) is 11.4. The van der Waals surface area contributed by atoms with Gasteiger partial charge in [0.05, 0.1) is 6.04 Å². The van der Waals surface area contributed by atoms with E-state index in [1.54, 1.807) is 6.92 Å². The van der Waals surface area contributed by atoms with Crippen LogP contribution in [0.1, 0.15) is 18.5 Å². The molecule has 0 aliphatic heterocycles. The van der Waals surface area contributed by atoms with Gasteiger partial charge in [0.25, 0.3) is 0 Å². The highest BCUT2D eigenvalue weighted by Gasteiger charge is 2.16. The summed E-state index contributed by atoms with van der Waals surface area (Å²) in [7, 11) is 0. The van der Waals surface area contributed by atoms with Crippen LogP contribution >= 0.6 is 0 Å². The van der Waals surface area contributed by atoms with E-state index in [-0.39, 0.29) is 0 Å². The summed E-state index contributed by atoms with van der Waals surface area (Å²) in [5, 5.41) is 12.2. The third-order valence-corrected chi connectivity index (χ3v) is 2.85. The zero-order valence-electron chi connectivity index (χ0n) is 9.50. The lowest BCUT2D eigenvalue weighted by molar-refractivity contribution is -0.0709. The molecular weight excluding hydrogens is 216 g/mol. The quantitative estimate of drug-likeness (QED) is 0.615. The van der Waals surface area contributed by atoms with Crippen LogP contribution in [0.25, 0.3) is 10.8 Å². The van der Waals surface area contributed by atoms with Crippen molar-refractivity contribution in [1.29, 1.82) is 0 Å². The van der Waals surface area contributed by atoms with E-state index in [0.29, 0.717) is 5.06 Å². The van der Waals surface area contributed by atoms with Gasteiger partial charge in [-0.3, -0.25) is 5.21 Å². The van der Waals surface area contributed by atoms with E-state index in [1.807, 2.05) is 42.5 Å². The summed E-state index contributed by atoms with van der Waals surface area (Å²) in [5.74, 6) is 0. The lowest BCUT2D eigenvalue weighted by Gasteiger charge is -2.21. The summed E-state index contributed by atoms with van der Waals surface area (Å²) in [6.45, 7) is 1.72. The van der Waals surface area contributed by atoms with E-state index in [1.165, 1.54) is 0 Å². The number of primary amides is 1. The molecule has 17 heavy (non-hydrogen) atoms. The molecule has 2 aromatic rings. The number of nitrogens with two attached hydrogens (primary N) is 1. The van der Waals surface area contributed by atoms with Crippen LogP contribution in [0.5, 0.6) is 0 Å². The second-order valence-electron chi connectivity index (χ2n) is 3.97. The molecule has 0 radical (unpaired) electrons. The highest BCUT2D eigenvalue weighted by atomic mass is 16.5. The van der Waals surface area contributed by atoms with Crippen molar-refractivity contribution >= 4 is 16.8 Å². The number of rotatable bonds is 2. The third kappa shape index (κ3) is 2.21. The van der Waals surface area contributed by atoms with Crippen molar-refractivity contribution in [3.05, 3.63) is 48.0 Å². The molecule has 0 bridgehead atoms. The minimum absolute atomic E-state index is 0.461. The SMILES string of the molecule is CC(c1ccc2ccccc2c1)N(O)C(N)=O. The summed E-state index contributed by atoms with van der Waals surface area (Å²) in [6, 6.07) is 12.4. The number of carbonyl (C=O) groups excluding carboxylic acids is 1. The zero-order valence-corrected chi connectivity index (χ0v) is 9.50. The molecule has 0 spiro atoms. The number of hydroxylamine groups is 2. The number of urea groups is 1.